The van der Waals surface area contributed by atoms with Crippen molar-refractivity contribution in [1.29, 1.82) is 0 Å². The Morgan fingerprint density at radius 1 is 1.23 bits per heavy atom. The third kappa shape index (κ3) is 4.55. The summed E-state index contributed by atoms with van der Waals surface area (Å²) in [5.74, 6) is 0.247. The molecule has 7 nitrogen and oxygen atoms in total. The number of carbonyl (C=O) groups is 1. The minimum Gasteiger partial charge on any atom is -0.372 e. The van der Waals surface area contributed by atoms with Crippen LogP contribution in [0.5, 0.6) is 0 Å². The van der Waals surface area contributed by atoms with E-state index in [0.717, 1.165) is 42.5 Å². The number of amides is 1. The van der Waals surface area contributed by atoms with Crippen molar-refractivity contribution in [3.8, 4) is 0 Å². The van der Waals surface area contributed by atoms with Gasteiger partial charge in [-0.15, -0.1) is 5.10 Å². The first kappa shape index (κ1) is 18.7. The van der Waals surface area contributed by atoms with Crippen LogP contribution in [0.25, 0.3) is 0 Å². The molecule has 1 saturated carbocycles. The summed E-state index contributed by atoms with van der Waals surface area (Å²) in [4.78, 5) is 14.5. The van der Waals surface area contributed by atoms with Crippen molar-refractivity contribution < 1.29 is 4.79 Å². The number of carbonyl (C=O) groups excluding carboxylic acids is 1. The Kier molecular flexibility index (Phi) is 6.49. The van der Waals surface area contributed by atoms with E-state index in [1.54, 1.807) is 0 Å². The molecule has 1 N–H and O–H groups in total. The minimum absolute atomic E-state index is 0.0495. The summed E-state index contributed by atoms with van der Waals surface area (Å²) in [7, 11) is 0. The lowest BCUT2D eigenvalue weighted by molar-refractivity contribution is -0.113. The Hall–Kier alpha value is -2.09. The predicted octanol–water partition coefficient (Wildman–Crippen LogP) is 3.37. The fraction of sp³-hybridized carbons (Fsp3) is 0.556. The largest absolute Gasteiger partial charge is 0.372 e. The first-order valence-corrected chi connectivity index (χ1v) is 10.2. The van der Waals surface area contributed by atoms with Crippen LogP contribution in [-0.2, 0) is 4.79 Å². The molecule has 1 aliphatic rings. The second-order valence-corrected chi connectivity index (χ2v) is 7.34. The fourth-order valence-corrected chi connectivity index (χ4v) is 4.07. The van der Waals surface area contributed by atoms with Crippen molar-refractivity contribution in [3.63, 3.8) is 0 Å². The Morgan fingerprint density at radius 2 is 1.92 bits per heavy atom. The van der Waals surface area contributed by atoms with Crippen LogP contribution in [0.3, 0.4) is 0 Å². The molecule has 140 valence electrons. The summed E-state index contributed by atoms with van der Waals surface area (Å²) in [6.45, 7) is 6.20. The number of benzene rings is 1. The molecule has 1 aliphatic carbocycles. The van der Waals surface area contributed by atoms with Gasteiger partial charge in [-0.1, -0.05) is 24.6 Å². The summed E-state index contributed by atoms with van der Waals surface area (Å²) >= 11 is 1.39. The van der Waals surface area contributed by atoms with Crippen molar-refractivity contribution in [3.05, 3.63) is 24.3 Å². The van der Waals surface area contributed by atoms with Gasteiger partial charge in [0.05, 0.1) is 11.8 Å². The van der Waals surface area contributed by atoms with Gasteiger partial charge in [0.1, 0.15) is 0 Å². The molecule has 0 bridgehead atoms. The number of anilines is 2. The molecule has 0 spiro atoms. The summed E-state index contributed by atoms with van der Waals surface area (Å²) < 4.78 is 1.88. The van der Waals surface area contributed by atoms with Gasteiger partial charge >= 0.3 is 0 Å². The van der Waals surface area contributed by atoms with E-state index in [0.29, 0.717) is 11.8 Å². The van der Waals surface area contributed by atoms with Crippen molar-refractivity contribution in [1.82, 2.24) is 20.2 Å². The highest BCUT2D eigenvalue weighted by molar-refractivity contribution is 7.99. The van der Waals surface area contributed by atoms with Crippen LogP contribution in [0, 0.1) is 0 Å². The van der Waals surface area contributed by atoms with Gasteiger partial charge in [0.2, 0.25) is 11.1 Å². The number of rotatable bonds is 8. The topological polar surface area (TPSA) is 75.9 Å². The van der Waals surface area contributed by atoms with Gasteiger partial charge in [-0.25, -0.2) is 4.68 Å². The van der Waals surface area contributed by atoms with E-state index >= 15 is 0 Å². The van der Waals surface area contributed by atoms with Gasteiger partial charge in [0, 0.05) is 24.5 Å². The molecular formula is C18H26N6OS. The van der Waals surface area contributed by atoms with Gasteiger partial charge in [-0.3, -0.25) is 4.79 Å². The maximum Gasteiger partial charge on any atom is 0.234 e. The van der Waals surface area contributed by atoms with E-state index in [1.165, 1.54) is 24.6 Å². The van der Waals surface area contributed by atoms with E-state index in [9.17, 15) is 4.79 Å². The van der Waals surface area contributed by atoms with Crippen LogP contribution in [0.1, 0.15) is 45.6 Å². The molecule has 1 aromatic carbocycles. The lowest BCUT2D eigenvalue weighted by atomic mass is 10.2. The second kappa shape index (κ2) is 9.02. The molecule has 0 radical (unpaired) electrons. The third-order valence-electron chi connectivity index (χ3n) is 4.75. The van der Waals surface area contributed by atoms with Crippen molar-refractivity contribution in [2.45, 2.75) is 50.7 Å². The Labute approximate surface area is 158 Å². The Bertz CT molecular complexity index is 707. The molecule has 8 heteroatoms. The molecule has 0 aliphatic heterocycles. The number of nitrogens with one attached hydrogen (secondary N) is 1. The molecule has 2 aromatic rings. The maximum absolute atomic E-state index is 12.3. The molecule has 0 saturated heterocycles. The molecule has 3 rings (SSSR count). The molecule has 1 amide bonds. The van der Waals surface area contributed by atoms with Crippen LogP contribution in [0.4, 0.5) is 11.4 Å². The van der Waals surface area contributed by atoms with Crippen LogP contribution < -0.4 is 10.2 Å². The highest BCUT2D eigenvalue weighted by Crippen LogP contribution is 2.31. The quantitative estimate of drug-likeness (QED) is 0.714. The maximum atomic E-state index is 12.3. The SMILES string of the molecule is CCN(CC)c1ccc(NC(=O)CSc2nnnn2C2CCCC2)cc1. The highest BCUT2D eigenvalue weighted by Gasteiger charge is 2.22. The average molecular weight is 375 g/mol. The summed E-state index contributed by atoms with van der Waals surface area (Å²) in [6, 6.07) is 8.34. The minimum atomic E-state index is -0.0495. The predicted molar refractivity (Wildman–Crippen MR) is 105 cm³/mol. The van der Waals surface area contributed by atoms with E-state index in [-0.39, 0.29) is 5.91 Å². The zero-order chi connectivity index (χ0) is 18.4. The van der Waals surface area contributed by atoms with Crippen LogP contribution in [-0.4, -0.2) is 45.0 Å². The van der Waals surface area contributed by atoms with Gasteiger partial charge in [0.25, 0.3) is 0 Å². The van der Waals surface area contributed by atoms with Gasteiger partial charge in [-0.05, 0) is 61.4 Å². The number of nitrogens with zero attached hydrogens (tertiary/aromatic N) is 5. The average Bonchev–Trinajstić information content (AvgIpc) is 3.33. The van der Waals surface area contributed by atoms with Gasteiger partial charge in [-0.2, -0.15) is 0 Å². The van der Waals surface area contributed by atoms with Gasteiger partial charge < -0.3 is 10.2 Å². The molecule has 1 aromatic heterocycles. The summed E-state index contributed by atoms with van der Waals surface area (Å²) in [5.41, 5.74) is 1.97. The van der Waals surface area contributed by atoms with Crippen LogP contribution in [0.15, 0.2) is 29.4 Å². The number of aromatic nitrogens is 4. The van der Waals surface area contributed by atoms with Crippen LogP contribution in [0.2, 0.25) is 0 Å². The zero-order valence-corrected chi connectivity index (χ0v) is 16.2. The van der Waals surface area contributed by atoms with E-state index < -0.39 is 0 Å². The van der Waals surface area contributed by atoms with E-state index in [2.05, 4.69) is 39.6 Å². The second-order valence-electron chi connectivity index (χ2n) is 6.40. The first-order valence-electron chi connectivity index (χ1n) is 9.26. The molecule has 0 atom stereocenters. The lowest BCUT2D eigenvalue weighted by Gasteiger charge is -2.21. The normalized spacial score (nSPS) is 14.5. The monoisotopic (exact) mass is 374 g/mol. The number of hydrogen-bond acceptors (Lipinski definition) is 6. The first-order chi connectivity index (χ1) is 12.7. The van der Waals surface area contributed by atoms with Crippen molar-refractivity contribution >= 4 is 29.0 Å². The Balaban J connectivity index is 1.52. The lowest BCUT2D eigenvalue weighted by Crippen LogP contribution is -2.21. The molecule has 26 heavy (non-hydrogen) atoms. The smallest absolute Gasteiger partial charge is 0.234 e. The molecule has 1 fully saturated rings. The molecule has 0 unspecified atom stereocenters. The number of tetrazole rings is 1. The van der Waals surface area contributed by atoms with Crippen molar-refractivity contribution in [2.24, 2.45) is 0 Å². The van der Waals surface area contributed by atoms with Gasteiger partial charge in [0.15, 0.2) is 0 Å². The highest BCUT2D eigenvalue weighted by atomic mass is 32.2. The summed E-state index contributed by atoms with van der Waals surface area (Å²) in [6.07, 6.45) is 4.67. The van der Waals surface area contributed by atoms with E-state index in [1.807, 2.05) is 28.9 Å². The zero-order valence-electron chi connectivity index (χ0n) is 15.4. The fourth-order valence-electron chi connectivity index (χ4n) is 3.33. The Morgan fingerprint density at radius 3 is 2.58 bits per heavy atom. The van der Waals surface area contributed by atoms with Crippen LogP contribution >= 0.6 is 11.8 Å². The number of thioether (sulfide) groups is 1. The van der Waals surface area contributed by atoms with E-state index in [4.69, 9.17) is 0 Å². The molecule has 1 heterocycles. The standard InChI is InChI=1S/C18H26N6OS/c1-3-23(4-2)15-11-9-14(10-12-15)19-17(25)13-26-18-20-21-22-24(18)16-7-5-6-8-16/h9-12,16H,3-8,13H2,1-2H3,(H,19,25). The summed E-state index contributed by atoms with van der Waals surface area (Å²) in [5, 5.41) is 15.6. The third-order valence-corrected chi connectivity index (χ3v) is 5.68. The van der Waals surface area contributed by atoms with Crippen molar-refractivity contribution in [2.75, 3.05) is 29.1 Å². The molecular weight excluding hydrogens is 348 g/mol. The number of hydrogen-bond donors (Lipinski definition) is 1.